The Balaban J connectivity index is 0.000000192. The number of hydrogen-bond donors (Lipinski definition) is 2. The molecule has 32 heteroatoms. The van der Waals surface area contributed by atoms with Gasteiger partial charge in [-0.25, -0.2) is 44.4 Å². The van der Waals surface area contributed by atoms with Crippen LogP contribution >= 0.6 is 45.8 Å². The molecule has 0 amide bonds. The van der Waals surface area contributed by atoms with Crippen molar-refractivity contribution < 1.29 is 71.8 Å². The van der Waals surface area contributed by atoms with Gasteiger partial charge in [0.15, 0.2) is 36.9 Å². The zero-order valence-electron chi connectivity index (χ0n) is 59.4. The van der Waals surface area contributed by atoms with Crippen LogP contribution in [0.5, 0.6) is 0 Å². The molecule has 6 heterocycles. The van der Waals surface area contributed by atoms with Crippen LogP contribution in [0.15, 0.2) is 84.9 Å². The van der Waals surface area contributed by atoms with Crippen molar-refractivity contribution in [3.8, 4) is 52.0 Å². The molecule has 566 valence electrons. The number of fused-ring (bicyclic) bond motifs is 8. The highest BCUT2D eigenvalue weighted by molar-refractivity contribution is 14.1. The van der Waals surface area contributed by atoms with Crippen LogP contribution in [-0.4, -0.2) is 111 Å². The number of ketones is 2. The summed E-state index contributed by atoms with van der Waals surface area (Å²) in [7, 11) is -3.82. The number of aromatic nitrogens is 10. The van der Waals surface area contributed by atoms with Crippen LogP contribution in [0.4, 0.5) is 35.1 Å². The average molecular weight is 1690 g/mol. The van der Waals surface area contributed by atoms with E-state index < -0.39 is 132 Å². The number of rotatable bonds is 20. The van der Waals surface area contributed by atoms with E-state index in [0.29, 0.717) is 65.8 Å². The fourth-order valence-electron chi connectivity index (χ4n) is 15.0. The van der Waals surface area contributed by atoms with Crippen LogP contribution in [0.25, 0.3) is 44.1 Å². The van der Waals surface area contributed by atoms with E-state index in [4.69, 9.17) is 33.2 Å². The lowest BCUT2D eigenvalue weighted by molar-refractivity contribution is -0.121. The number of carbonyl (C=O) groups is 2. The fourth-order valence-corrected chi connectivity index (χ4v) is 17.9. The predicted molar refractivity (Wildman–Crippen MR) is 398 cm³/mol. The molecule has 19 nitrogen and oxygen atoms in total. The summed E-state index contributed by atoms with van der Waals surface area (Å²) in [5.74, 6) is -4.95. The number of nitriles is 1. The third-order valence-electron chi connectivity index (χ3n) is 19.3. The molecule has 14 rings (SSSR count). The molecule has 2 fully saturated rings. The molecule has 4 aliphatic carbocycles. The Morgan fingerprint density at radius 1 is 0.596 bits per heavy atom. The van der Waals surface area contributed by atoms with Crippen LogP contribution in [0, 0.1) is 73.8 Å². The van der Waals surface area contributed by atoms with Crippen molar-refractivity contribution in [2.75, 3.05) is 12.5 Å². The van der Waals surface area contributed by atoms with Crippen LogP contribution in [0.3, 0.4) is 0 Å². The first-order valence-electron chi connectivity index (χ1n) is 34.1. The lowest BCUT2D eigenvalue weighted by Gasteiger charge is -2.22. The van der Waals surface area contributed by atoms with Gasteiger partial charge in [-0.05, 0) is 171 Å². The molecule has 0 radical (unpaired) electrons. The number of Topliss-reactive ketones (excluding diaryl/α,β-unsaturated/α-hetero) is 2. The molecule has 0 spiro atoms. The molecule has 6 atom stereocenters. The van der Waals surface area contributed by atoms with Gasteiger partial charge in [-0.1, -0.05) is 47.2 Å². The number of hydrogen-bond acceptors (Lipinski definition) is 15. The van der Waals surface area contributed by atoms with E-state index in [2.05, 4.69) is 44.1 Å². The zero-order valence-corrected chi connectivity index (χ0v) is 64.7. The normalized spacial score (nSPS) is 17.8. The van der Waals surface area contributed by atoms with Crippen molar-refractivity contribution in [1.29, 1.82) is 5.26 Å². The minimum atomic E-state index is -3.54. The van der Waals surface area contributed by atoms with Gasteiger partial charge in [-0.3, -0.25) is 28.3 Å². The average Bonchev–Trinajstić information content (AvgIpc) is 1.53. The van der Waals surface area contributed by atoms with E-state index in [1.165, 1.54) is 37.1 Å². The van der Waals surface area contributed by atoms with Gasteiger partial charge < -0.3 is 10.2 Å². The number of alkyl halides is 4. The summed E-state index contributed by atoms with van der Waals surface area (Å²) in [5.41, 5.74) is 1.45. The third-order valence-corrected chi connectivity index (χ3v) is 22.4. The highest BCUT2D eigenvalue weighted by Crippen LogP contribution is 2.69. The maximum Gasteiger partial charge on any atom is 0.293 e. The first-order valence-corrected chi connectivity index (χ1v) is 40.0. The molecule has 4 aliphatic rings. The third kappa shape index (κ3) is 16.3. The maximum absolute atomic E-state index is 15.4. The van der Waals surface area contributed by atoms with Gasteiger partial charge in [0.25, 0.3) is 11.8 Å². The minimum Gasteiger partial charge on any atom is -0.378 e. The van der Waals surface area contributed by atoms with E-state index in [0.717, 1.165) is 52.2 Å². The van der Waals surface area contributed by atoms with Crippen molar-refractivity contribution >= 4 is 98.8 Å². The Labute approximate surface area is 644 Å². The molecule has 0 unspecified atom stereocenters. The van der Waals surface area contributed by atoms with Gasteiger partial charge >= 0.3 is 0 Å². The standard InChI is InChI=1S/C39H33ClF4N6O4S.C38H33ClF4IN5O4S/c1-38(2,52)10-9-24-5-6-26(27-7-8-30(40)34-32(19-55(4,53)54)47-49(3)36(27)34)35(46-24)21(11-20-12-22(41)15-23(42)13-20)14-25(51)18-50-37-33(31(17-45)48-50)28-16-29(28)39(37,43)44;1-37(2,51)10-9-23-5-6-25(26-7-8-29(39)32-30(18-54(4,52)53)46-48(3)34(26)32)33(45-23)20(11-19-12-21(40)15-22(41)13-19)14-24(50)17-49-35-31(36(44)47-49)27-16-28(27)38(35,42)43/h5-8,12-13,15,21,28-29,52H,11,14,16,18-19H2,1-4H3;5-8,12-13,15,20,27-28,51H,11,14,16-18H2,1-4H3/t21-,28+,29-;20-,27+,28-/m11/s1. The second kappa shape index (κ2) is 28.7. The summed E-state index contributed by atoms with van der Waals surface area (Å²) in [6, 6.07) is 20.9. The minimum absolute atomic E-state index is 0.0979. The Kier molecular flexibility index (Phi) is 20.6. The van der Waals surface area contributed by atoms with Crippen LogP contribution in [0.1, 0.15) is 151 Å². The van der Waals surface area contributed by atoms with E-state index in [1.807, 2.05) is 28.7 Å². The Bertz CT molecular complexity index is 5880. The zero-order chi connectivity index (χ0) is 78.8. The lowest BCUT2D eigenvalue weighted by atomic mass is 9.86. The summed E-state index contributed by atoms with van der Waals surface area (Å²) in [5, 5.41) is 48.9. The summed E-state index contributed by atoms with van der Waals surface area (Å²) in [6.07, 6.45) is 1.83. The van der Waals surface area contributed by atoms with Gasteiger partial charge in [0.05, 0.1) is 55.4 Å². The second-order valence-corrected chi connectivity index (χ2v) is 35.5. The number of aryl methyl sites for hydroxylation is 2. The van der Waals surface area contributed by atoms with Crippen molar-refractivity contribution in [3.63, 3.8) is 0 Å². The SMILES string of the molecule is Cn1nc(CS(C)(=O)=O)c2c(Cl)ccc(-c3ccc(C#CC(C)(C)O)nc3[C@@H](CC(=O)Cn3nc(C#N)c4c3C(F)(F)[C@@H]3C[C@H]43)Cc3cc(F)cc(F)c3)c21.Cn1nc(CS(C)(=O)=O)c2c(Cl)ccc(-c3ccc(C#CC(C)(C)O)nc3[C@@H](CC(=O)Cn3nc(I)c4c3C(F)(F)[C@@H]3C[C@H]43)Cc3cc(F)cc(F)c3)c21. The van der Waals surface area contributed by atoms with Crippen LogP contribution in [-0.2, 0) is 92.6 Å². The van der Waals surface area contributed by atoms with Crippen LogP contribution < -0.4 is 0 Å². The summed E-state index contributed by atoms with van der Waals surface area (Å²) in [4.78, 5) is 37.8. The van der Waals surface area contributed by atoms with Crippen LogP contribution in [0.2, 0.25) is 10.0 Å². The smallest absolute Gasteiger partial charge is 0.293 e. The van der Waals surface area contributed by atoms with E-state index >= 15 is 17.6 Å². The number of nitrogens with zero attached hydrogens (tertiary/aromatic N) is 11. The van der Waals surface area contributed by atoms with Gasteiger partial charge in [0, 0.05) is 119 Å². The molecule has 4 aromatic carbocycles. The highest BCUT2D eigenvalue weighted by atomic mass is 127. The number of pyridine rings is 2. The monoisotopic (exact) mass is 1690 g/mol. The maximum atomic E-state index is 15.4. The van der Waals surface area contributed by atoms with Gasteiger partial charge in [-0.15, -0.1) is 0 Å². The van der Waals surface area contributed by atoms with Gasteiger partial charge in [0.2, 0.25) is 0 Å². The number of halogens is 11. The largest absolute Gasteiger partial charge is 0.378 e. The number of aliphatic hydroxyl groups is 2. The number of carbonyl (C=O) groups excluding carboxylic acids is 2. The fraction of sp³-hybridized carbons (Fsp3) is 0.364. The molecule has 6 aromatic heterocycles. The molecule has 2 saturated carbocycles. The molecule has 109 heavy (non-hydrogen) atoms. The molecule has 0 bridgehead atoms. The van der Waals surface area contributed by atoms with Crippen molar-refractivity contribution in [1.82, 2.24) is 49.1 Å². The molecular weight excluding hydrogens is 1620 g/mol. The molecule has 0 aliphatic heterocycles. The Hall–Kier alpha value is -8.94. The first-order chi connectivity index (χ1) is 50.9. The molecule has 10 aromatic rings. The topological polar surface area (TPSA) is 264 Å². The number of sulfone groups is 2. The first kappa shape index (κ1) is 78.2. The van der Waals surface area contributed by atoms with Gasteiger partial charge in [0.1, 0.15) is 80.1 Å². The molecule has 0 saturated heterocycles. The number of benzene rings is 4. The Morgan fingerprint density at radius 3 is 1.36 bits per heavy atom. The van der Waals surface area contributed by atoms with Crippen molar-refractivity contribution in [2.24, 2.45) is 25.9 Å². The lowest BCUT2D eigenvalue weighted by Crippen LogP contribution is -2.24. The summed E-state index contributed by atoms with van der Waals surface area (Å²) >= 11 is 15.2. The Morgan fingerprint density at radius 2 is 0.972 bits per heavy atom. The molecule has 2 N–H and O–H groups in total. The van der Waals surface area contributed by atoms with Gasteiger partial charge in [-0.2, -0.15) is 43.2 Å². The second-order valence-electron chi connectivity index (χ2n) is 29.4. The highest BCUT2D eigenvalue weighted by Gasteiger charge is 2.68. The molecular formula is C77H66Cl2F8IN11O8S2. The predicted octanol–water partition coefficient (Wildman–Crippen LogP) is 13.7. The van der Waals surface area contributed by atoms with E-state index in [9.17, 15) is 59.5 Å². The van der Waals surface area contributed by atoms with Crippen molar-refractivity contribution in [3.05, 3.63) is 195 Å². The summed E-state index contributed by atoms with van der Waals surface area (Å²) < 4.78 is 174. The quantitative estimate of drug-likeness (QED) is 0.0408. The summed E-state index contributed by atoms with van der Waals surface area (Å²) in [6.45, 7) is 4.87. The van der Waals surface area contributed by atoms with Crippen molar-refractivity contribution in [2.45, 2.75) is 138 Å². The van der Waals surface area contributed by atoms with E-state index in [1.54, 1.807) is 62.6 Å². The van der Waals surface area contributed by atoms with E-state index in [-0.39, 0.29) is 116 Å².